The van der Waals surface area contributed by atoms with Gasteiger partial charge >= 0.3 is 0 Å². The van der Waals surface area contributed by atoms with E-state index in [9.17, 15) is 4.79 Å². The van der Waals surface area contributed by atoms with Crippen LogP contribution in [-0.4, -0.2) is 38.5 Å². The third kappa shape index (κ3) is 3.71. The van der Waals surface area contributed by atoms with Crippen LogP contribution in [0.4, 0.5) is 0 Å². The normalized spacial score (nSPS) is 10.2. The van der Waals surface area contributed by atoms with Crippen LogP contribution in [0.15, 0.2) is 0 Å². The minimum Gasteiger partial charge on any atom is -0.392 e. The highest BCUT2D eigenvalue weighted by Gasteiger charge is 2.21. The standard InChI is InChI=1S/C10H16N4OS2/c1-3-5-7-9(17-13-12-7)10(15)14(4-2)6-8(11)16/h3-6H2,1-2H3,(H2,11,16). The van der Waals surface area contributed by atoms with Crippen molar-refractivity contribution in [3.05, 3.63) is 10.6 Å². The van der Waals surface area contributed by atoms with Gasteiger partial charge in [0.1, 0.15) is 4.88 Å². The molecule has 0 spiro atoms. The minimum atomic E-state index is -0.0845. The zero-order chi connectivity index (χ0) is 12.8. The van der Waals surface area contributed by atoms with Crippen LogP contribution in [0.3, 0.4) is 0 Å². The number of nitrogens with zero attached hydrogens (tertiary/aromatic N) is 3. The number of carbonyl (C=O) groups excluding carboxylic acids is 1. The van der Waals surface area contributed by atoms with Gasteiger partial charge in [-0.3, -0.25) is 4.79 Å². The average Bonchev–Trinajstić information content (AvgIpc) is 2.73. The number of hydrogen-bond donors (Lipinski definition) is 1. The molecule has 1 aromatic rings. The molecule has 0 aliphatic heterocycles. The fourth-order valence-corrected chi connectivity index (χ4v) is 2.26. The number of carbonyl (C=O) groups is 1. The van der Waals surface area contributed by atoms with Gasteiger partial charge in [-0.05, 0) is 24.9 Å². The Balaban J connectivity index is 2.85. The number of aryl methyl sites for hydroxylation is 1. The van der Waals surface area contributed by atoms with Gasteiger partial charge in [-0.1, -0.05) is 30.1 Å². The summed E-state index contributed by atoms with van der Waals surface area (Å²) in [6, 6.07) is 0. The quantitative estimate of drug-likeness (QED) is 0.789. The summed E-state index contributed by atoms with van der Waals surface area (Å²) in [5.74, 6) is -0.0845. The molecule has 0 saturated carbocycles. The van der Waals surface area contributed by atoms with Crippen molar-refractivity contribution in [2.45, 2.75) is 26.7 Å². The SMILES string of the molecule is CCCc1nnsc1C(=O)N(CC)CC(N)=S. The summed E-state index contributed by atoms with van der Waals surface area (Å²) < 4.78 is 3.84. The first-order valence-corrected chi connectivity index (χ1v) is 6.67. The van der Waals surface area contributed by atoms with E-state index in [4.69, 9.17) is 18.0 Å². The second-order valence-corrected chi connectivity index (χ2v) is 4.86. The zero-order valence-corrected chi connectivity index (χ0v) is 11.6. The van der Waals surface area contributed by atoms with Crippen LogP contribution in [-0.2, 0) is 6.42 Å². The summed E-state index contributed by atoms with van der Waals surface area (Å²) in [7, 11) is 0. The largest absolute Gasteiger partial charge is 0.392 e. The Labute approximate surface area is 110 Å². The second kappa shape index (κ2) is 6.61. The molecule has 17 heavy (non-hydrogen) atoms. The molecule has 1 amide bonds. The summed E-state index contributed by atoms with van der Waals surface area (Å²) in [6.45, 7) is 4.80. The average molecular weight is 272 g/mol. The molecule has 0 aromatic carbocycles. The number of rotatable bonds is 6. The Hall–Kier alpha value is -1.08. The van der Waals surface area contributed by atoms with E-state index < -0.39 is 0 Å². The summed E-state index contributed by atoms with van der Waals surface area (Å²) in [6.07, 6.45) is 1.70. The van der Waals surface area contributed by atoms with E-state index in [0.29, 0.717) is 23.0 Å². The van der Waals surface area contributed by atoms with Gasteiger partial charge in [-0.15, -0.1) is 5.10 Å². The van der Waals surface area contributed by atoms with E-state index in [0.717, 1.165) is 30.1 Å². The van der Waals surface area contributed by atoms with Gasteiger partial charge in [-0.2, -0.15) is 0 Å². The Bertz CT molecular complexity index is 405. The lowest BCUT2D eigenvalue weighted by molar-refractivity contribution is 0.0791. The number of aromatic nitrogens is 2. The Morgan fingerprint density at radius 1 is 1.53 bits per heavy atom. The molecular weight excluding hydrogens is 256 g/mol. The van der Waals surface area contributed by atoms with Gasteiger partial charge in [0.15, 0.2) is 0 Å². The molecule has 2 N–H and O–H groups in total. The Morgan fingerprint density at radius 2 is 2.24 bits per heavy atom. The first kappa shape index (κ1) is 14.0. The van der Waals surface area contributed by atoms with Crippen LogP contribution >= 0.6 is 23.8 Å². The number of nitrogens with two attached hydrogens (primary N) is 1. The maximum absolute atomic E-state index is 12.2. The summed E-state index contributed by atoms with van der Waals surface area (Å²) in [4.78, 5) is 14.7. The van der Waals surface area contributed by atoms with E-state index in [-0.39, 0.29) is 5.91 Å². The molecule has 0 unspecified atom stereocenters. The molecule has 0 bridgehead atoms. The van der Waals surface area contributed by atoms with Crippen LogP contribution < -0.4 is 5.73 Å². The van der Waals surface area contributed by atoms with E-state index in [2.05, 4.69) is 9.59 Å². The lowest BCUT2D eigenvalue weighted by atomic mass is 10.2. The molecule has 1 aromatic heterocycles. The molecule has 94 valence electrons. The van der Waals surface area contributed by atoms with Crippen molar-refractivity contribution in [1.82, 2.24) is 14.5 Å². The van der Waals surface area contributed by atoms with Gasteiger partial charge < -0.3 is 10.6 Å². The van der Waals surface area contributed by atoms with Crippen LogP contribution in [0.25, 0.3) is 0 Å². The van der Waals surface area contributed by atoms with Crippen molar-refractivity contribution in [2.75, 3.05) is 13.1 Å². The number of hydrogen-bond acceptors (Lipinski definition) is 5. The van der Waals surface area contributed by atoms with Crippen LogP contribution in [0.5, 0.6) is 0 Å². The second-order valence-electron chi connectivity index (χ2n) is 3.58. The monoisotopic (exact) mass is 272 g/mol. The van der Waals surface area contributed by atoms with E-state index >= 15 is 0 Å². The van der Waals surface area contributed by atoms with Crippen molar-refractivity contribution in [1.29, 1.82) is 0 Å². The first-order chi connectivity index (χ1) is 8.10. The van der Waals surface area contributed by atoms with Crippen LogP contribution in [0, 0.1) is 0 Å². The molecular formula is C10H16N4OS2. The summed E-state index contributed by atoms with van der Waals surface area (Å²) >= 11 is 5.96. The zero-order valence-electron chi connectivity index (χ0n) is 9.97. The molecule has 0 atom stereocenters. The number of likely N-dealkylation sites (N-methyl/N-ethyl adjacent to an activating group) is 1. The van der Waals surface area contributed by atoms with E-state index in [1.54, 1.807) is 4.90 Å². The number of thiocarbonyl (C=S) groups is 1. The fourth-order valence-electron chi connectivity index (χ4n) is 1.43. The first-order valence-electron chi connectivity index (χ1n) is 5.48. The number of amides is 1. The van der Waals surface area contributed by atoms with Gasteiger partial charge in [0.2, 0.25) is 0 Å². The third-order valence-corrected chi connectivity index (χ3v) is 3.14. The van der Waals surface area contributed by atoms with Crippen molar-refractivity contribution in [3.8, 4) is 0 Å². The molecule has 1 rings (SSSR count). The Morgan fingerprint density at radius 3 is 2.76 bits per heavy atom. The molecule has 1 heterocycles. The summed E-state index contributed by atoms with van der Waals surface area (Å²) in [5.41, 5.74) is 6.23. The predicted molar refractivity (Wildman–Crippen MR) is 72.3 cm³/mol. The lowest BCUT2D eigenvalue weighted by Crippen LogP contribution is -2.37. The maximum atomic E-state index is 12.2. The topological polar surface area (TPSA) is 72.1 Å². The minimum absolute atomic E-state index is 0.0845. The third-order valence-electron chi connectivity index (χ3n) is 2.25. The maximum Gasteiger partial charge on any atom is 0.267 e. The summed E-state index contributed by atoms with van der Waals surface area (Å²) in [5, 5.41) is 3.98. The van der Waals surface area contributed by atoms with Crippen LogP contribution in [0.2, 0.25) is 0 Å². The van der Waals surface area contributed by atoms with Crippen LogP contribution in [0.1, 0.15) is 35.6 Å². The highest BCUT2D eigenvalue weighted by Crippen LogP contribution is 2.15. The molecule has 0 aliphatic rings. The van der Waals surface area contributed by atoms with Crippen molar-refractivity contribution in [2.24, 2.45) is 5.73 Å². The van der Waals surface area contributed by atoms with Crippen molar-refractivity contribution < 1.29 is 4.79 Å². The molecule has 0 aliphatic carbocycles. The van der Waals surface area contributed by atoms with Gasteiger partial charge in [0, 0.05) is 6.54 Å². The van der Waals surface area contributed by atoms with Gasteiger partial charge in [0.05, 0.1) is 17.2 Å². The highest BCUT2D eigenvalue weighted by atomic mass is 32.1. The van der Waals surface area contributed by atoms with Gasteiger partial charge in [-0.25, -0.2) is 0 Å². The highest BCUT2D eigenvalue weighted by molar-refractivity contribution is 7.80. The Kier molecular flexibility index (Phi) is 5.43. The molecule has 0 saturated heterocycles. The molecule has 0 radical (unpaired) electrons. The molecule has 7 heteroatoms. The van der Waals surface area contributed by atoms with Gasteiger partial charge in [0.25, 0.3) is 5.91 Å². The van der Waals surface area contributed by atoms with Crippen molar-refractivity contribution in [3.63, 3.8) is 0 Å². The molecule has 0 fully saturated rings. The van der Waals surface area contributed by atoms with E-state index in [1.165, 1.54) is 0 Å². The van der Waals surface area contributed by atoms with E-state index in [1.807, 2.05) is 13.8 Å². The van der Waals surface area contributed by atoms with Crippen molar-refractivity contribution >= 4 is 34.6 Å². The lowest BCUT2D eigenvalue weighted by Gasteiger charge is -2.19. The smallest absolute Gasteiger partial charge is 0.267 e. The predicted octanol–water partition coefficient (Wildman–Crippen LogP) is 1.24. The fraction of sp³-hybridized carbons (Fsp3) is 0.600. The molecule has 5 nitrogen and oxygen atoms in total.